The number of nitrogens with zero attached hydrogens (tertiary/aromatic N) is 2. The van der Waals surface area contributed by atoms with Crippen LogP contribution in [0.3, 0.4) is 0 Å². The van der Waals surface area contributed by atoms with Crippen LogP contribution in [-0.2, 0) is 13.0 Å². The van der Waals surface area contributed by atoms with Crippen LogP contribution in [0.1, 0.15) is 18.7 Å². The van der Waals surface area contributed by atoms with E-state index in [1.54, 1.807) is 4.57 Å². The van der Waals surface area contributed by atoms with Gasteiger partial charge in [0.15, 0.2) is 0 Å². The van der Waals surface area contributed by atoms with Crippen LogP contribution in [-0.4, -0.2) is 9.55 Å². The lowest BCUT2D eigenvalue weighted by molar-refractivity contribution is 0.494. The fraction of sp³-hybridized carbons (Fsp3) is 0.500. The molecule has 0 aromatic carbocycles. The van der Waals surface area contributed by atoms with Gasteiger partial charge in [-0.2, -0.15) is 0 Å². The zero-order chi connectivity index (χ0) is 8.55. The van der Waals surface area contributed by atoms with E-state index in [4.69, 9.17) is 0 Å². The number of fused-ring (bicyclic) bond motifs is 1. The zero-order valence-corrected chi connectivity index (χ0v) is 8.17. The Morgan fingerprint density at radius 1 is 1.50 bits per heavy atom. The molecular formula is C8H9BrN2O. The van der Waals surface area contributed by atoms with Gasteiger partial charge in [0, 0.05) is 19.0 Å². The first-order valence-corrected chi connectivity index (χ1v) is 4.83. The lowest BCUT2D eigenvalue weighted by atomic mass is 10.1. The molecule has 64 valence electrons. The summed E-state index contributed by atoms with van der Waals surface area (Å²) < 4.78 is 2.41. The second-order valence-corrected chi connectivity index (χ2v) is 3.75. The van der Waals surface area contributed by atoms with Crippen LogP contribution in [0.15, 0.2) is 15.5 Å². The van der Waals surface area contributed by atoms with Gasteiger partial charge in [0.2, 0.25) is 0 Å². The molecule has 1 aromatic heterocycles. The molecule has 0 atom stereocenters. The van der Waals surface area contributed by atoms with E-state index in [-0.39, 0.29) is 5.56 Å². The molecule has 0 saturated carbocycles. The summed E-state index contributed by atoms with van der Waals surface area (Å²) >= 11 is 3.22. The van der Waals surface area contributed by atoms with E-state index in [2.05, 4.69) is 20.9 Å². The van der Waals surface area contributed by atoms with Crippen molar-refractivity contribution in [3.63, 3.8) is 0 Å². The van der Waals surface area contributed by atoms with E-state index in [0.29, 0.717) is 4.60 Å². The molecule has 0 saturated heterocycles. The third kappa shape index (κ3) is 1.31. The minimum atomic E-state index is 0.0616. The molecule has 2 heterocycles. The highest BCUT2D eigenvalue weighted by atomic mass is 79.9. The predicted octanol–water partition coefficient (Wildman–Crippen LogP) is 1.34. The van der Waals surface area contributed by atoms with Gasteiger partial charge < -0.3 is 0 Å². The summed E-state index contributed by atoms with van der Waals surface area (Å²) in [7, 11) is 0. The maximum absolute atomic E-state index is 11.4. The lowest BCUT2D eigenvalue weighted by Crippen LogP contribution is -2.27. The highest BCUT2D eigenvalue weighted by molar-refractivity contribution is 9.10. The van der Waals surface area contributed by atoms with Gasteiger partial charge in [0.25, 0.3) is 5.56 Å². The molecule has 12 heavy (non-hydrogen) atoms. The first-order valence-electron chi connectivity index (χ1n) is 4.03. The Bertz CT molecular complexity index is 359. The van der Waals surface area contributed by atoms with E-state index in [1.165, 1.54) is 6.07 Å². The summed E-state index contributed by atoms with van der Waals surface area (Å²) in [6.45, 7) is 0.828. The van der Waals surface area contributed by atoms with Crippen LogP contribution in [0.5, 0.6) is 0 Å². The molecule has 3 nitrogen and oxygen atoms in total. The highest BCUT2D eigenvalue weighted by Crippen LogP contribution is 2.11. The topological polar surface area (TPSA) is 34.9 Å². The van der Waals surface area contributed by atoms with Crippen LogP contribution in [0.2, 0.25) is 0 Å². The predicted molar refractivity (Wildman–Crippen MR) is 49.1 cm³/mol. The number of aryl methyl sites for hydroxylation is 1. The second kappa shape index (κ2) is 3.01. The molecule has 0 amide bonds. The third-order valence-corrected chi connectivity index (χ3v) is 2.49. The summed E-state index contributed by atoms with van der Waals surface area (Å²) in [4.78, 5) is 15.6. The Hall–Kier alpha value is -0.640. The van der Waals surface area contributed by atoms with Crippen molar-refractivity contribution in [2.45, 2.75) is 25.8 Å². The summed E-state index contributed by atoms with van der Waals surface area (Å²) in [6, 6.07) is 1.52. The van der Waals surface area contributed by atoms with Crippen LogP contribution < -0.4 is 5.56 Å². The number of halogens is 1. The van der Waals surface area contributed by atoms with Gasteiger partial charge in [0.1, 0.15) is 10.4 Å². The molecule has 0 radical (unpaired) electrons. The van der Waals surface area contributed by atoms with Gasteiger partial charge in [-0.3, -0.25) is 9.36 Å². The number of aromatic nitrogens is 2. The van der Waals surface area contributed by atoms with Crippen LogP contribution in [0.4, 0.5) is 0 Å². The van der Waals surface area contributed by atoms with E-state index in [0.717, 1.165) is 31.6 Å². The van der Waals surface area contributed by atoms with Crippen molar-refractivity contribution < 1.29 is 0 Å². The average molecular weight is 229 g/mol. The molecule has 1 aromatic rings. The molecule has 0 fully saturated rings. The Morgan fingerprint density at radius 3 is 3.17 bits per heavy atom. The molecule has 0 bridgehead atoms. The van der Waals surface area contributed by atoms with E-state index in [9.17, 15) is 4.79 Å². The lowest BCUT2D eigenvalue weighted by Gasteiger charge is -2.16. The molecule has 1 aliphatic rings. The second-order valence-electron chi connectivity index (χ2n) is 2.94. The van der Waals surface area contributed by atoms with Gasteiger partial charge >= 0.3 is 0 Å². The van der Waals surface area contributed by atoms with Crippen molar-refractivity contribution in [2.24, 2.45) is 0 Å². The molecule has 0 spiro atoms. The average Bonchev–Trinajstić information content (AvgIpc) is 2.04. The maximum atomic E-state index is 11.4. The number of rotatable bonds is 0. The zero-order valence-electron chi connectivity index (χ0n) is 6.59. The molecule has 0 N–H and O–H groups in total. The minimum Gasteiger partial charge on any atom is -0.297 e. The van der Waals surface area contributed by atoms with Crippen molar-refractivity contribution in [1.82, 2.24) is 9.55 Å². The van der Waals surface area contributed by atoms with E-state index in [1.807, 2.05) is 0 Å². The Labute approximate surface area is 78.6 Å². The van der Waals surface area contributed by atoms with Crippen molar-refractivity contribution in [3.05, 3.63) is 26.8 Å². The Morgan fingerprint density at radius 2 is 2.33 bits per heavy atom. The molecule has 2 rings (SSSR count). The molecule has 1 aliphatic heterocycles. The van der Waals surface area contributed by atoms with Gasteiger partial charge in [-0.25, -0.2) is 4.98 Å². The molecule has 0 unspecified atom stereocenters. The van der Waals surface area contributed by atoms with Crippen LogP contribution in [0.25, 0.3) is 0 Å². The van der Waals surface area contributed by atoms with Gasteiger partial charge in [0.05, 0.1) is 0 Å². The van der Waals surface area contributed by atoms with Crippen molar-refractivity contribution >= 4 is 15.9 Å². The molecule has 0 aliphatic carbocycles. The first kappa shape index (κ1) is 7.98. The van der Waals surface area contributed by atoms with E-state index < -0.39 is 0 Å². The third-order valence-electron chi connectivity index (χ3n) is 2.09. The monoisotopic (exact) mass is 228 g/mol. The maximum Gasteiger partial charge on any atom is 0.254 e. The molecular weight excluding hydrogens is 220 g/mol. The summed E-state index contributed by atoms with van der Waals surface area (Å²) in [5.41, 5.74) is 0.0616. The van der Waals surface area contributed by atoms with Gasteiger partial charge in [-0.05, 0) is 28.8 Å². The minimum absolute atomic E-state index is 0.0616. The summed E-state index contributed by atoms with van der Waals surface area (Å²) in [6.07, 6.45) is 3.16. The quantitative estimate of drug-likeness (QED) is 0.629. The SMILES string of the molecule is O=c1cc(Br)nc2n1CCCC2. The van der Waals surface area contributed by atoms with Gasteiger partial charge in [-0.1, -0.05) is 0 Å². The van der Waals surface area contributed by atoms with Gasteiger partial charge in [-0.15, -0.1) is 0 Å². The Kier molecular flexibility index (Phi) is 2.00. The standard InChI is InChI=1S/C8H9BrN2O/c9-6-5-8(12)11-4-2-1-3-7(11)10-6/h5H,1-4H2. The van der Waals surface area contributed by atoms with Crippen LogP contribution in [0, 0.1) is 0 Å². The normalized spacial score (nSPS) is 15.8. The van der Waals surface area contributed by atoms with E-state index >= 15 is 0 Å². The summed E-state index contributed by atoms with van der Waals surface area (Å²) in [5, 5.41) is 0. The fourth-order valence-electron chi connectivity index (χ4n) is 1.51. The largest absolute Gasteiger partial charge is 0.297 e. The van der Waals surface area contributed by atoms with Crippen LogP contribution >= 0.6 is 15.9 Å². The Balaban J connectivity index is 2.60. The summed E-state index contributed by atoms with van der Waals surface area (Å²) in [5.74, 6) is 0.917. The fourth-order valence-corrected chi connectivity index (χ4v) is 1.91. The molecule has 4 heteroatoms. The number of hydrogen-bond donors (Lipinski definition) is 0. The first-order chi connectivity index (χ1) is 5.77. The van der Waals surface area contributed by atoms with Crippen molar-refractivity contribution in [2.75, 3.05) is 0 Å². The highest BCUT2D eigenvalue weighted by Gasteiger charge is 2.11. The van der Waals surface area contributed by atoms with Crippen molar-refractivity contribution in [3.8, 4) is 0 Å². The smallest absolute Gasteiger partial charge is 0.254 e. The van der Waals surface area contributed by atoms with Crippen molar-refractivity contribution in [1.29, 1.82) is 0 Å². The number of hydrogen-bond acceptors (Lipinski definition) is 2.